The molecule has 30 heavy (non-hydrogen) atoms. The molecule has 12 heteroatoms. The summed E-state index contributed by atoms with van der Waals surface area (Å²) in [6.07, 6.45) is 1.17. The largest absolute Gasteiger partial charge is 1.00 e. The average Bonchev–Trinajstić information content (AvgIpc) is 2.63. The molecule has 0 aromatic heterocycles. The van der Waals surface area contributed by atoms with Crippen LogP contribution in [0.3, 0.4) is 0 Å². The molecule has 1 aromatic rings. The van der Waals surface area contributed by atoms with Gasteiger partial charge in [0.2, 0.25) is 10.0 Å². The van der Waals surface area contributed by atoms with Gasteiger partial charge in [-0.25, -0.2) is 13.2 Å². The maximum absolute atomic E-state index is 12.2. The summed E-state index contributed by atoms with van der Waals surface area (Å²) < 4.78 is 36.1. The molecule has 1 rings (SSSR count). The fourth-order valence-corrected chi connectivity index (χ4v) is 3.11. The summed E-state index contributed by atoms with van der Waals surface area (Å²) in [5, 5.41) is 16.7. The predicted molar refractivity (Wildman–Crippen MR) is 100 cm³/mol. The van der Waals surface area contributed by atoms with Crippen LogP contribution in [0.2, 0.25) is 0 Å². The summed E-state index contributed by atoms with van der Waals surface area (Å²) in [5.74, 6) is -0.213. The summed E-state index contributed by atoms with van der Waals surface area (Å²) in [7, 11) is -2.03. The number of benzene rings is 1. The van der Waals surface area contributed by atoms with Gasteiger partial charge in [0, 0.05) is 13.1 Å². The van der Waals surface area contributed by atoms with Crippen molar-refractivity contribution in [3.05, 3.63) is 49.1 Å². The minimum absolute atomic E-state index is 0. The minimum atomic E-state index is -3.47. The molecule has 0 unspecified atom stereocenters. The van der Waals surface area contributed by atoms with Gasteiger partial charge in [-0.1, -0.05) is 32.2 Å². The monoisotopic (exact) mass is 491 g/mol. The number of rotatable bonds is 10. The molecule has 0 saturated carbocycles. The smallest absolute Gasteiger partial charge is 0.652 e. The first-order chi connectivity index (χ1) is 13.1. The van der Waals surface area contributed by atoms with E-state index in [4.69, 9.17) is 24.5 Å². The fourth-order valence-electron chi connectivity index (χ4n) is 1.89. The molecule has 0 N–H and O–H groups in total. The number of ether oxygens (including phenoxy) is 2. The molecular weight excluding hydrogens is 468 g/mol. The van der Waals surface area contributed by atoms with Crippen LogP contribution in [0, 0.1) is 0 Å². The first kappa shape index (κ1) is 34.9. The number of carbonyl (C=O) groups is 2. The molecule has 0 saturated heterocycles. The maximum atomic E-state index is 12.2. The van der Waals surface area contributed by atoms with Crippen LogP contribution in [0.15, 0.2) is 43.5 Å². The second-order valence-corrected chi connectivity index (χ2v) is 7.36. The Bertz CT molecular complexity index is 795. The molecule has 0 heterocycles. The van der Waals surface area contributed by atoms with E-state index in [1.807, 2.05) is 0 Å². The van der Waals surface area contributed by atoms with Gasteiger partial charge in [0.25, 0.3) is 0 Å². The predicted octanol–water partition coefficient (Wildman–Crippen LogP) is -5.67. The molecule has 0 amide bonds. The van der Waals surface area contributed by atoms with E-state index in [2.05, 4.69) is 13.2 Å². The van der Waals surface area contributed by atoms with E-state index in [0.717, 1.165) is 4.31 Å². The van der Waals surface area contributed by atoms with Gasteiger partial charge in [0.05, 0.1) is 17.0 Å². The zero-order chi connectivity index (χ0) is 21.7. The quantitative estimate of drug-likeness (QED) is 0.179. The van der Waals surface area contributed by atoms with Crippen molar-refractivity contribution in [2.24, 2.45) is 0 Å². The molecule has 156 valence electrons. The summed E-state index contributed by atoms with van der Waals surface area (Å²) in [5.41, 5.74) is 0.530. The van der Waals surface area contributed by atoms with Crippen molar-refractivity contribution in [2.45, 2.75) is 13.3 Å². The van der Waals surface area contributed by atoms with Gasteiger partial charge in [-0.15, -0.1) is 0 Å². The van der Waals surface area contributed by atoms with Crippen LogP contribution in [-0.4, -0.2) is 46.6 Å². The Kier molecular flexibility index (Phi) is 21.8. The van der Waals surface area contributed by atoms with Gasteiger partial charge in [-0.05, 0) is 24.7 Å². The van der Waals surface area contributed by atoms with Crippen molar-refractivity contribution >= 4 is 27.8 Å². The van der Waals surface area contributed by atoms with E-state index in [9.17, 15) is 13.2 Å². The Hall–Kier alpha value is 0.263. The molecule has 0 aliphatic heterocycles. The Morgan fingerprint density at radius 2 is 1.63 bits per heavy atom. The van der Waals surface area contributed by atoms with Crippen molar-refractivity contribution in [1.82, 2.24) is 0 Å². The molecule has 1 aromatic carbocycles. The zero-order valence-corrected chi connectivity index (χ0v) is 24.8. The van der Waals surface area contributed by atoms with E-state index >= 15 is 0 Å². The van der Waals surface area contributed by atoms with Gasteiger partial charge in [-0.3, -0.25) is 4.31 Å². The molecule has 0 radical (unpaired) electrons. The molecular formula is C18H23K2NO8S. The molecule has 0 fully saturated rings. The number of esters is 1. The Morgan fingerprint density at radius 3 is 2.10 bits per heavy atom. The van der Waals surface area contributed by atoms with Crippen molar-refractivity contribution in [3.8, 4) is 5.75 Å². The van der Waals surface area contributed by atoms with E-state index in [1.54, 1.807) is 19.1 Å². The summed E-state index contributed by atoms with van der Waals surface area (Å²) in [4.78, 5) is 20.4. The van der Waals surface area contributed by atoms with Crippen LogP contribution >= 0.6 is 0 Å². The van der Waals surface area contributed by atoms with Crippen LogP contribution in [-0.2, 0) is 14.8 Å². The normalized spacial score (nSPS) is 9.40. The first-order valence-corrected chi connectivity index (χ1v) is 9.71. The summed E-state index contributed by atoms with van der Waals surface area (Å²) in [6.45, 7) is 9.13. The van der Waals surface area contributed by atoms with Gasteiger partial charge >= 0.3 is 109 Å². The van der Waals surface area contributed by atoms with Crippen molar-refractivity contribution in [2.75, 3.05) is 30.3 Å². The van der Waals surface area contributed by atoms with Gasteiger partial charge in [0.15, 0.2) is 0 Å². The number of anilines is 1. The van der Waals surface area contributed by atoms with Crippen molar-refractivity contribution in [1.29, 1.82) is 0 Å². The van der Waals surface area contributed by atoms with Gasteiger partial charge < -0.3 is 24.5 Å². The molecule has 0 bridgehead atoms. The molecule has 0 spiro atoms. The molecule has 0 aliphatic carbocycles. The third-order valence-electron chi connectivity index (χ3n) is 3.07. The molecule has 0 atom stereocenters. The minimum Gasteiger partial charge on any atom is -0.652 e. The number of carbonyl (C=O) groups excluding carboxylic acids is 2. The van der Waals surface area contributed by atoms with Crippen molar-refractivity contribution in [3.63, 3.8) is 0 Å². The second-order valence-electron chi connectivity index (χ2n) is 5.24. The number of nitrogens with zero attached hydrogens (tertiary/aromatic N) is 1. The van der Waals surface area contributed by atoms with E-state index in [1.165, 1.54) is 25.3 Å². The Balaban J connectivity index is -0.00000111. The van der Waals surface area contributed by atoms with Crippen LogP contribution in [0.25, 0.3) is 0 Å². The van der Waals surface area contributed by atoms with Gasteiger partial charge in [0.1, 0.15) is 19.0 Å². The summed E-state index contributed by atoms with van der Waals surface area (Å²) in [6, 6.07) is 4.51. The molecule has 9 nitrogen and oxygen atoms in total. The van der Waals surface area contributed by atoms with Gasteiger partial charge in [-0.2, -0.15) is 0 Å². The Labute approximate surface area is 262 Å². The standard InChI is InChI=1S/C17H23NO5S.CH2O3.2K/c1-5-8-22-16-12-14(17(19)23-9-6-2)11-15(13-16)18(4)24(20,21)10-7-3;2-1(3)4;;/h5-6,11-13H,1-2,7-10H2,3-4H3;(H2,2,3,4);;/q;;2*+1/p-2. The number of hydrogen-bond acceptors (Lipinski definition) is 8. The van der Waals surface area contributed by atoms with Crippen LogP contribution in [0.5, 0.6) is 5.75 Å². The van der Waals surface area contributed by atoms with E-state index < -0.39 is 22.1 Å². The average molecular weight is 492 g/mol. The first-order valence-electron chi connectivity index (χ1n) is 8.10. The van der Waals surface area contributed by atoms with Crippen molar-refractivity contribution < 1.29 is 140 Å². The van der Waals surface area contributed by atoms with E-state index in [-0.39, 0.29) is 127 Å². The van der Waals surface area contributed by atoms with Crippen LogP contribution in [0.1, 0.15) is 23.7 Å². The second kappa shape index (κ2) is 18.8. The molecule has 0 aliphatic rings. The van der Waals surface area contributed by atoms with Crippen LogP contribution in [0.4, 0.5) is 10.5 Å². The number of carboxylic acid groups (broad SMARTS) is 2. The third kappa shape index (κ3) is 14.3. The fraction of sp³-hybridized carbons (Fsp3) is 0.333. The maximum Gasteiger partial charge on any atom is 1.00 e. The van der Waals surface area contributed by atoms with Crippen LogP contribution < -0.4 is 122 Å². The number of sulfonamides is 1. The van der Waals surface area contributed by atoms with E-state index in [0.29, 0.717) is 17.9 Å². The SMILES string of the molecule is C=CCOC(=O)c1cc(OCC=C)cc(N(C)S(=O)(=O)CCC)c1.O=C([O-])[O-].[K+].[K+]. The Morgan fingerprint density at radius 1 is 1.10 bits per heavy atom. The zero-order valence-electron chi connectivity index (χ0n) is 17.8. The third-order valence-corrected chi connectivity index (χ3v) is 5.04. The number of hydrogen-bond donors (Lipinski definition) is 0. The summed E-state index contributed by atoms with van der Waals surface area (Å²) >= 11 is 0. The topological polar surface area (TPSA) is 136 Å².